The number of Topliss-reactive ketones (excluding diaryl/α,β-unsaturated/α-hetero) is 1. The number of aliphatic hydroxyl groups is 1. The van der Waals surface area contributed by atoms with Crippen LogP contribution in [-0.4, -0.2) is 81.2 Å². The number of amides is 1. The molecule has 186 valence electrons. The molecule has 1 amide bonds. The molecule has 1 saturated heterocycles. The van der Waals surface area contributed by atoms with Crippen molar-refractivity contribution in [3.8, 4) is 23.0 Å². The SMILES string of the molecule is COc1ccc([C@H]2/C(=C(\O)c3ccc4c(c3)OCCO4)C(=O)C(=O)N2CCCN(C)C)c(OC)c1. The van der Waals surface area contributed by atoms with Crippen molar-refractivity contribution in [2.24, 2.45) is 0 Å². The molecule has 1 atom stereocenters. The van der Waals surface area contributed by atoms with E-state index in [-0.39, 0.29) is 11.3 Å². The van der Waals surface area contributed by atoms with Gasteiger partial charge in [-0.15, -0.1) is 0 Å². The first-order chi connectivity index (χ1) is 16.8. The Hall–Kier alpha value is -3.72. The smallest absolute Gasteiger partial charge is 0.295 e. The summed E-state index contributed by atoms with van der Waals surface area (Å²) in [6.07, 6.45) is 0.652. The Labute approximate surface area is 204 Å². The standard InChI is InChI=1S/C26H30N2O7/c1-27(2)10-5-11-28-23(18-8-7-17(32-3)15-20(18)33-4)22(25(30)26(28)31)24(29)16-6-9-19-21(14-16)35-13-12-34-19/h6-9,14-15,23,29H,5,10-13H2,1-4H3/b24-22+/t23-/m0/s1. The van der Waals surface area contributed by atoms with Crippen molar-refractivity contribution >= 4 is 17.4 Å². The average molecular weight is 483 g/mol. The first-order valence-corrected chi connectivity index (χ1v) is 11.4. The summed E-state index contributed by atoms with van der Waals surface area (Å²) in [4.78, 5) is 30.0. The molecule has 2 heterocycles. The third kappa shape index (κ3) is 4.77. The summed E-state index contributed by atoms with van der Waals surface area (Å²) in [7, 11) is 6.95. The maximum absolute atomic E-state index is 13.3. The molecule has 0 saturated carbocycles. The minimum absolute atomic E-state index is 0.00000213. The molecule has 0 unspecified atom stereocenters. The molecule has 2 aliphatic heterocycles. The molecule has 2 aliphatic rings. The number of rotatable bonds is 8. The first-order valence-electron chi connectivity index (χ1n) is 11.4. The topological polar surface area (TPSA) is 97.8 Å². The van der Waals surface area contributed by atoms with E-state index in [0.29, 0.717) is 60.3 Å². The number of carbonyl (C=O) groups is 2. The van der Waals surface area contributed by atoms with E-state index in [1.807, 2.05) is 19.0 Å². The predicted octanol–water partition coefficient (Wildman–Crippen LogP) is 2.85. The first kappa shape index (κ1) is 24.4. The van der Waals surface area contributed by atoms with Gasteiger partial charge in [-0.05, 0) is 57.4 Å². The Morgan fingerprint density at radius 3 is 2.49 bits per heavy atom. The van der Waals surface area contributed by atoms with Gasteiger partial charge < -0.3 is 33.9 Å². The van der Waals surface area contributed by atoms with Crippen LogP contribution in [0.3, 0.4) is 0 Å². The molecule has 0 aliphatic carbocycles. The molecule has 1 N–H and O–H groups in total. The van der Waals surface area contributed by atoms with Gasteiger partial charge in [0.05, 0.1) is 25.8 Å². The van der Waals surface area contributed by atoms with Gasteiger partial charge in [0.15, 0.2) is 11.5 Å². The van der Waals surface area contributed by atoms with Crippen LogP contribution < -0.4 is 18.9 Å². The summed E-state index contributed by atoms with van der Waals surface area (Å²) in [5.41, 5.74) is 0.939. The van der Waals surface area contributed by atoms with Crippen molar-refractivity contribution in [1.29, 1.82) is 0 Å². The van der Waals surface area contributed by atoms with Crippen LogP contribution in [0.2, 0.25) is 0 Å². The lowest BCUT2D eigenvalue weighted by Gasteiger charge is -2.27. The zero-order valence-corrected chi connectivity index (χ0v) is 20.4. The predicted molar refractivity (Wildman–Crippen MR) is 129 cm³/mol. The van der Waals surface area contributed by atoms with E-state index in [1.54, 1.807) is 43.5 Å². The van der Waals surface area contributed by atoms with Crippen molar-refractivity contribution in [2.75, 3.05) is 54.6 Å². The summed E-state index contributed by atoms with van der Waals surface area (Å²) >= 11 is 0. The number of carbonyl (C=O) groups excluding carboxylic acids is 2. The number of ether oxygens (including phenoxy) is 4. The third-order valence-corrected chi connectivity index (χ3v) is 6.10. The van der Waals surface area contributed by atoms with Gasteiger partial charge in [-0.25, -0.2) is 0 Å². The number of nitrogens with zero attached hydrogens (tertiary/aromatic N) is 2. The Bertz CT molecular complexity index is 1160. The second-order valence-corrected chi connectivity index (χ2v) is 8.62. The second kappa shape index (κ2) is 10.3. The van der Waals surface area contributed by atoms with E-state index >= 15 is 0 Å². The number of benzene rings is 2. The largest absolute Gasteiger partial charge is 0.507 e. The van der Waals surface area contributed by atoms with Gasteiger partial charge in [-0.1, -0.05) is 0 Å². The highest BCUT2D eigenvalue weighted by Crippen LogP contribution is 2.44. The Balaban J connectivity index is 1.84. The van der Waals surface area contributed by atoms with Gasteiger partial charge in [-0.3, -0.25) is 9.59 Å². The van der Waals surface area contributed by atoms with E-state index in [1.165, 1.54) is 12.0 Å². The molecule has 4 rings (SSSR count). The van der Waals surface area contributed by atoms with Crippen molar-refractivity contribution in [2.45, 2.75) is 12.5 Å². The minimum Gasteiger partial charge on any atom is -0.507 e. The normalized spacial score (nSPS) is 18.8. The lowest BCUT2D eigenvalue weighted by atomic mass is 9.94. The highest BCUT2D eigenvalue weighted by atomic mass is 16.6. The van der Waals surface area contributed by atoms with Crippen LogP contribution in [0.1, 0.15) is 23.6 Å². The van der Waals surface area contributed by atoms with E-state index in [0.717, 1.165) is 6.54 Å². The lowest BCUT2D eigenvalue weighted by Crippen LogP contribution is -2.32. The zero-order chi connectivity index (χ0) is 25.1. The number of fused-ring (bicyclic) bond motifs is 1. The molecule has 2 aromatic rings. The number of ketones is 1. The third-order valence-electron chi connectivity index (χ3n) is 6.10. The summed E-state index contributed by atoms with van der Waals surface area (Å²) in [5.74, 6) is 0.363. The van der Waals surface area contributed by atoms with E-state index in [9.17, 15) is 14.7 Å². The fraction of sp³-hybridized carbons (Fsp3) is 0.385. The van der Waals surface area contributed by atoms with Crippen molar-refractivity contribution in [3.63, 3.8) is 0 Å². The fourth-order valence-electron chi connectivity index (χ4n) is 4.38. The molecule has 2 aromatic carbocycles. The van der Waals surface area contributed by atoms with E-state index in [2.05, 4.69) is 0 Å². The summed E-state index contributed by atoms with van der Waals surface area (Å²) in [5, 5.41) is 11.3. The molecular formula is C26H30N2O7. The molecule has 0 spiro atoms. The molecule has 0 aromatic heterocycles. The Morgan fingerprint density at radius 2 is 1.80 bits per heavy atom. The molecule has 9 heteroatoms. The van der Waals surface area contributed by atoms with Gasteiger partial charge in [0, 0.05) is 23.7 Å². The van der Waals surface area contributed by atoms with Gasteiger partial charge in [0.2, 0.25) is 0 Å². The Kier molecular flexibility index (Phi) is 7.16. The van der Waals surface area contributed by atoms with E-state index in [4.69, 9.17) is 18.9 Å². The van der Waals surface area contributed by atoms with Crippen LogP contribution >= 0.6 is 0 Å². The minimum atomic E-state index is -0.828. The summed E-state index contributed by atoms with van der Waals surface area (Å²) < 4.78 is 22.1. The fourth-order valence-corrected chi connectivity index (χ4v) is 4.38. The maximum atomic E-state index is 13.3. The van der Waals surface area contributed by atoms with Crippen molar-refractivity contribution in [3.05, 3.63) is 53.1 Å². The van der Waals surface area contributed by atoms with Crippen molar-refractivity contribution < 1.29 is 33.6 Å². The van der Waals surface area contributed by atoms with Crippen LogP contribution in [0.15, 0.2) is 42.0 Å². The highest BCUT2D eigenvalue weighted by molar-refractivity contribution is 6.46. The molecule has 9 nitrogen and oxygen atoms in total. The highest BCUT2D eigenvalue weighted by Gasteiger charge is 2.47. The zero-order valence-electron chi connectivity index (χ0n) is 20.4. The quantitative estimate of drug-likeness (QED) is 0.349. The lowest BCUT2D eigenvalue weighted by molar-refractivity contribution is -0.140. The van der Waals surface area contributed by atoms with Crippen molar-refractivity contribution in [1.82, 2.24) is 9.80 Å². The number of hydrogen-bond donors (Lipinski definition) is 1. The number of hydrogen-bond acceptors (Lipinski definition) is 8. The van der Waals surface area contributed by atoms with Gasteiger partial charge in [0.1, 0.15) is 30.5 Å². The molecule has 0 bridgehead atoms. The Morgan fingerprint density at radius 1 is 1.06 bits per heavy atom. The van der Waals surface area contributed by atoms with E-state index < -0.39 is 17.7 Å². The molecule has 0 radical (unpaired) electrons. The van der Waals surface area contributed by atoms with Crippen LogP contribution in [0.4, 0.5) is 0 Å². The second-order valence-electron chi connectivity index (χ2n) is 8.62. The van der Waals surface area contributed by atoms with Crippen LogP contribution in [0.5, 0.6) is 23.0 Å². The van der Waals surface area contributed by atoms with Crippen LogP contribution in [0.25, 0.3) is 5.76 Å². The maximum Gasteiger partial charge on any atom is 0.295 e. The summed E-state index contributed by atoms with van der Waals surface area (Å²) in [6, 6.07) is 9.30. The molecule has 1 fully saturated rings. The summed E-state index contributed by atoms with van der Waals surface area (Å²) in [6.45, 7) is 1.89. The molecule has 35 heavy (non-hydrogen) atoms. The van der Waals surface area contributed by atoms with Gasteiger partial charge in [0.25, 0.3) is 11.7 Å². The number of methoxy groups -OCH3 is 2. The number of aliphatic hydroxyl groups excluding tert-OH is 1. The van der Waals surface area contributed by atoms with Crippen LogP contribution in [0, 0.1) is 0 Å². The van der Waals surface area contributed by atoms with Gasteiger partial charge >= 0.3 is 0 Å². The number of likely N-dealkylation sites (tertiary alicyclic amines) is 1. The van der Waals surface area contributed by atoms with Gasteiger partial charge in [-0.2, -0.15) is 0 Å². The van der Waals surface area contributed by atoms with Crippen LogP contribution in [-0.2, 0) is 9.59 Å². The monoisotopic (exact) mass is 482 g/mol. The average Bonchev–Trinajstić information content (AvgIpc) is 3.12. The molecular weight excluding hydrogens is 452 g/mol.